The molecule has 0 saturated heterocycles. The molecular weight excluding hydrogens is 208 g/mol. The fourth-order valence-electron chi connectivity index (χ4n) is 1.59. The fraction of sp³-hybridized carbons (Fsp3) is 0.0909. The first kappa shape index (κ1) is 10.1. The Morgan fingerprint density at radius 2 is 2.25 bits per heavy atom. The maximum absolute atomic E-state index is 10.5. The minimum absolute atomic E-state index is 0.0517. The number of carbonyl (C=O) groups is 1. The summed E-state index contributed by atoms with van der Waals surface area (Å²) in [5, 5.41) is 18.1. The van der Waals surface area contributed by atoms with Crippen molar-refractivity contribution < 1.29 is 14.6 Å². The molecule has 16 heavy (non-hydrogen) atoms. The van der Waals surface area contributed by atoms with Crippen molar-refractivity contribution in [3.8, 4) is 11.9 Å². The standard InChI is InChI=1S/C11H8N2O3/c12-5-6-13-9-4-2-1-3-8(9)7-10(13)16-11(14)15/h1-4,7H,6H2,(H,14,15). The highest BCUT2D eigenvalue weighted by Gasteiger charge is 2.11. The second-order valence-corrected chi connectivity index (χ2v) is 3.15. The molecule has 2 aromatic rings. The largest absolute Gasteiger partial charge is 0.512 e. The molecular formula is C11H8N2O3. The number of nitrogens with zero attached hydrogens (tertiary/aromatic N) is 2. The molecule has 0 radical (unpaired) electrons. The molecule has 1 heterocycles. The average molecular weight is 216 g/mol. The molecule has 0 aliphatic carbocycles. The number of rotatable bonds is 2. The zero-order chi connectivity index (χ0) is 11.5. The lowest BCUT2D eigenvalue weighted by Gasteiger charge is -2.03. The van der Waals surface area contributed by atoms with Crippen LogP contribution >= 0.6 is 0 Å². The average Bonchev–Trinajstić information content (AvgIpc) is 2.57. The third-order valence-electron chi connectivity index (χ3n) is 2.19. The Balaban J connectivity index is 2.59. The first-order chi connectivity index (χ1) is 7.72. The van der Waals surface area contributed by atoms with Gasteiger partial charge in [-0.25, -0.2) is 4.79 Å². The molecule has 80 valence electrons. The Morgan fingerprint density at radius 3 is 2.94 bits per heavy atom. The number of benzene rings is 1. The van der Waals surface area contributed by atoms with Gasteiger partial charge in [0.25, 0.3) is 0 Å². The number of carboxylic acid groups (broad SMARTS) is 1. The van der Waals surface area contributed by atoms with Crippen LogP contribution in [-0.2, 0) is 6.54 Å². The smallest absolute Gasteiger partial charge is 0.449 e. The highest BCUT2D eigenvalue weighted by atomic mass is 16.7. The van der Waals surface area contributed by atoms with Crippen LogP contribution in [0.1, 0.15) is 0 Å². The summed E-state index contributed by atoms with van der Waals surface area (Å²) in [6.45, 7) is 0.0517. The van der Waals surface area contributed by atoms with Crippen LogP contribution in [0.3, 0.4) is 0 Å². The summed E-state index contributed by atoms with van der Waals surface area (Å²) in [7, 11) is 0. The van der Waals surface area contributed by atoms with E-state index in [9.17, 15) is 4.79 Å². The van der Waals surface area contributed by atoms with Crippen LogP contribution in [-0.4, -0.2) is 15.8 Å². The van der Waals surface area contributed by atoms with Crippen LogP contribution < -0.4 is 4.74 Å². The minimum Gasteiger partial charge on any atom is -0.449 e. The fourth-order valence-corrected chi connectivity index (χ4v) is 1.59. The Morgan fingerprint density at radius 1 is 1.50 bits per heavy atom. The van der Waals surface area contributed by atoms with E-state index in [-0.39, 0.29) is 12.4 Å². The Bertz CT molecular complexity index is 580. The molecule has 0 aliphatic heterocycles. The van der Waals surface area contributed by atoms with Gasteiger partial charge >= 0.3 is 6.16 Å². The number of hydrogen-bond donors (Lipinski definition) is 1. The van der Waals surface area contributed by atoms with E-state index in [1.54, 1.807) is 12.1 Å². The van der Waals surface area contributed by atoms with E-state index in [1.807, 2.05) is 24.3 Å². The van der Waals surface area contributed by atoms with Gasteiger partial charge in [0, 0.05) is 11.5 Å². The second-order valence-electron chi connectivity index (χ2n) is 3.15. The van der Waals surface area contributed by atoms with Crippen molar-refractivity contribution in [3.05, 3.63) is 30.3 Å². The number of ether oxygens (including phenoxy) is 1. The normalized spacial score (nSPS) is 9.94. The lowest BCUT2D eigenvalue weighted by atomic mass is 10.2. The number of hydrogen-bond acceptors (Lipinski definition) is 3. The third-order valence-corrected chi connectivity index (χ3v) is 2.19. The van der Waals surface area contributed by atoms with Gasteiger partial charge in [-0.1, -0.05) is 18.2 Å². The molecule has 0 atom stereocenters. The van der Waals surface area contributed by atoms with E-state index in [1.165, 1.54) is 4.57 Å². The van der Waals surface area contributed by atoms with E-state index in [0.717, 1.165) is 10.9 Å². The van der Waals surface area contributed by atoms with Crippen LogP contribution in [0.5, 0.6) is 5.88 Å². The van der Waals surface area contributed by atoms with Crippen molar-refractivity contribution in [3.63, 3.8) is 0 Å². The van der Waals surface area contributed by atoms with Crippen LogP contribution in [0.4, 0.5) is 4.79 Å². The first-order valence-electron chi connectivity index (χ1n) is 4.58. The summed E-state index contributed by atoms with van der Waals surface area (Å²) in [6.07, 6.45) is -1.39. The molecule has 5 nitrogen and oxygen atoms in total. The Hall–Kier alpha value is -2.48. The molecule has 0 saturated carbocycles. The molecule has 0 spiro atoms. The predicted octanol–water partition coefficient (Wildman–Crippen LogP) is 2.22. The molecule has 1 aromatic carbocycles. The summed E-state index contributed by atoms with van der Waals surface area (Å²) >= 11 is 0. The SMILES string of the molecule is N#CCn1c(OC(=O)O)cc2ccccc21. The van der Waals surface area contributed by atoms with E-state index < -0.39 is 6.16 Å². The van der Waals surface area contributed by atoms with E-state index in [2.05, 4.69) is 4.74 Å². The summed E-state index contributed by atoms with van der Waals surface area (Å²) < 4.78 is 6.13. The van der Waals surface area contributed by atoms with Crippen LogP contribution in [0.2, 0.25) is 0 Å². The van der Waals surface area contributed by atoms with Gasteiger partial charge in [-0.2, -0.15) is 5.26 Å². The number of aromatic nitrogens is 1. The third kappa shape index (κ3) is 1.68. The van der Waals surface area contributed by atoms with Crippen LogP contribution in [0.25, 0.3) is 10.9 Å². The van der Waals surface area contributed by atoms with Gasteiger partial charge in [-0.05, 0) is 6.07 Å². The van der Waals surface area contributed by atoms with Crippen LogP contribution in [0.15, 0.2) is 30.3 Å². The van der Waals surface area contributed by atoms with Gasteiger partial charge in [0.2, 0.25) is 5.88 Å². The van der Waals surface area contributed by atoms with E-state index >= 15 is 0 Å². The molecule has 2 rings (SSSR count). The zero-order valence-electron chi connectivity index (χ0n) is 8.25. The van der Waals surface area contributed by atoms with Crippen molar-refractivity contribution in [1.29, 1.82) is 5.26 Å². The first-order valence-corrected chi connectivity index (χ1v) is 4.58. The summed E-state index contributed by atoms with van der Waals surface area (Å²) in [5.74, 6) is 0.162. The lowest BCUT2D eigenvalue weighted by Crippen LogP contribution is -2.07. The minimum atomic E-state index is -1.39. The molecule has 0 unspecified atom stereocenters. The van der Waals surface area contributed by atoms with Gasteiger partial charge < -0.3 is 9.84 Å². The Kier molecular flexibility index (Phi) is 2.48. The lowest BCUT2D eigenvalue weighted by molar-refractivity contribution is 0.141. The van der Waals surface area contributed by atoms with E-state index in [0.29, 0.717) is 0 Å². The summed E-state index contributed by atoms with van der Waals surface area (Å²) in [4.78, 5) is 10.5. The topological polar surface area (TPSA) is 75.2 Å². The van der Waals surface area contributed by atoms with Gasteiger partial charge in [-0.3, -0.25) is 4.57 Å². The Labute approximate surface area is 91.1 Å². The number of nitriles is 1. The quantitative estimate of drug-likeness (QED) is 0.781. The molecule has 5 heteroatoms. The highest BCUT2D eigenvalue weighted by molar-refractivity contribution is 5.83. The maximum Gasteiger partial charge on any atom is 0.512 e. The predicted molar refractivity (Wildman–Crippen MR) is 56.2 cm³/mol. The highest BCUT2D eigenvalue weighted by Crippen LogP contribution is 2.25. The van der Waals surface area contributed by atoms with Crippen molar-refractivity contribution in [2.75, 3.05) is 0 Å². The summed E-state index contributed by atoms with van der Waals surface area (Å²) in [5.41, 5.74) is 0.778. The van der Waals surface area contributed by atoms with Gasteiger partial charge in [0.1, 0.15) is 6.54 Å². The second kappa shape index (κ2) is 3.95. The van der Waals surface area contributed by atoms with Crippen molar-refractivity contribution in [1.82, 2.24) is 4.57 Å². The molecule has 0 amide bonds. The van der Waals surface area contributed by atoms with Gasteiger partial charge in [0.15, 0.2) is 0 Å². The van der Waals surface area contributed by atoms with Crippen molar-refractivity contribution >= 4 is 17.1 Å². The zero-order valence-corrected chi connectivity index (χ0v) is 8.25. The van der Waals surface area contributed by atoms with Crippen molar-refractivity contribution in [2.45, 2.75) is 6.54 Å². The monoisotopic (exact) mass is 216 g/mol. The molecule has 1 N–H and O–H groups in total. The maximum atomic E-state index is 10.5. The van der Waals surface area contributed by atoms with Gasteiger partial charge in [0.05, 0.1) is 11.6 Å². The molecule has 0 aliphatic rings. The molecule has 1 aromatic heterocycles. The molecule has 0 fully saturated rings. The number of fused-ring (bicyclic) bond motifs is 1. The summed E-state index contributed by atoms with van der Waals surface area (Å²) in [6, 6.07) is 10.9. The van der Waals surface area contributed by atoms with E-state index in [4.69, 9.17) is 10.4 Å². The molecule has 0 bridgehead atoms. The van der Waals surface area contributed by atoms with Crippen LogP contribution in [0, 0.1) is 11.3 Å². The number of para-hydroxylation sites is 1. The van der Waals surface area contributed by atoms with Crippen molar-refractivity contribution in [2.24, 2.45) is 0 Å². The van der Waals surface area contributed by atoms with Gasteiger partial charge in [-0.15, -0.1) is 0 Å².